The second-order valence-electron chi connectivity index (χ2n) is 5.19. The summed E-state index contributed by atoms with van der Waals surface area (Å²) in [5.41, 5.74) is -0.523. The Kier molecular flexibility index (Phi) is 7.15. The van der Waals surface area contributed by atoms with Gasteiger partial charge in [-0.3, -0.25) is 5.32 Å². The molecule has 5 nitrogen and oxygen atoms in total. The van der Waals surface area contributed by atoms with Crippen LogP contribution in [0.15, 0.2) is 0 Å². The largest absolute Gasteiger partial charge is 0.444 e. The lowest BCUT2D eigenvalue weighted by molar-refractivity contribution is 0.0398. The SMILES string of the molecule is CCCCNC(O)[C@H](C)NC(=O)OC(C)(C)C. The maximum absolute atomic E-state index is 11.4. The van der Waals surface area contributed by atoms with Crippen LogP contribution < -0.4 is 10.6 Å². The number of hydrogen-bond acceptors (Lipinski definition) is 4. The minimum absolute atomic E-state index is 0.387. The Morgan fingerprint density at radius 2 is 2.00 bits per heavy atom. The molecule has 0 bridgehead atoms. The number of ether oxygens (including phenoxy) is 1. The van der Waals surface area contributed by atoms with Crippen LogP contribution in [0.4, 0.5) is 4.79 Å². The Bertz CT molecular complexity index is 226. The van der Waals surface area contributed by atoms with Crippen molar-refractivity contribution in [2.24, 2.45) is 0 Å². The summed E-state index contributed by atoms with van der Waals surface area (Å²) in [6, 6.07) is -0.387. The number of alkyl carbamates (subject to hydrolysis) is 1. The monoisotopic (exact) mass is 246 g/mol. The molecule has 0 aromatic carbocycles. The van der Waals surface area contributed by atoms with Gasteiger partial charge in [-0.05, 0) is 40.7 Å². The lowest BCUT2D eigenvalue weighted by Crippen LogP contribution is -2.49. The minimum Gasteiger partial charge on any atom is -0.444 e. The summed E-state index contributed by atoms with van der Waals surface area (Å²) in [4.78, 5) is 11.4. The summed E-state index contributed by atoms with van der Waals surface area (Å²) >= 11 is 0. The van der Waals surface area contributed by atoms with Crippen molar-refractivity contribution >= 4 is 6.09 Å². The number of nitrogens with one attached hydrogen (secondary N) is 2. The third kappa shape index (κ3) is 8.94. The first-order valence-electron chi connectivity index (χ1n) is 6.17. The fourth-order valence-electron chi connectivity index (χ4n) is 1.18. The van der Waals surface area contributed by atoms with Gasteiger partial charge in [0, 0.05) is 0 Å². The van der Waals surface area contributed by atoms with Crippen molar-refractivity contribution in [2.75, 3.05) is 6.54 Å². The van der Waals surface area contributed by atoms with Crippen molar-refractivity contribution in [3.8, 4) is 0 Å². The molecule has 17 heavy (non-hydrogen) atoms. The Balaban J connectivity index is 3.90. The Labute approximate surface area is 104 Å². The fourth-order valence-corrected chi connectivity index (χ4v) is 1.18. The quantitative estimate of drug-likeness (QED) is 0.492. The highest BCUT2D eigenvalue weighted by Crippen LogP contribution is 2.06. The van der Waals surface area contributed by atoms with Gasteiger partial charge in [0.2, 0.25) is 0 Å². The molecule has 0 radical (unpaired) electrons. The van der Waals surface area contributed by atoms with E-state index in [0.29, 0.717) is 0 Å². The number of aliphatic hydroxyl groups excluding tert-OH is 1. The average Bonchev–Trinajstić information content (AvgIpc) is 2.14. The highest BCUT2D eigenvalue weighted by atomic mass is 16.6. The van der Waals surface area contributed by atoms with Crippen molar-refractivity contribution < 1.29 is 14.6 Å². The van der Waals surface area contributed by atoms with Gasteiger partial charge in [0.25, 0.3) is 0 Å². The molecule has 1 amide bonds. The first kappa shape index (κ1) is 16.2. The van der Waals surface area contributed by atoms with E-state index in [0.717, 1.165) is 19.4 Å². The van der Waals surface area contributed by atoms with Crippen molar-refractivity contribution in [3.05, 3.63) is 0 Å². The molecule has 0 fully saturated rings. The number of carbonyl (C=O) groups excluding carboxylic acids is 1. The van der Waals surface area contributed by atoms with Crippen LogP contribution in [-0.4, -0.2) is 35.6 Å². The number of rotatable bonds is 6. The zero-order valence-corrected chi connectivity index (χ0v) is 11.5. The van der Waals surface area contributed by atoms with Crippen molar-refractivity contribution in [3.63, 3.8) is 0 Å². The summed E-state index contributed by atoms with van der Waals surface area (Å²) in [6.07, 6.45) is 0.791. The average molecular weight is 246 g/mol. The lowest BCUT2D eigenvalue weighted by Gasteiger charge is -2.24. The van der Waals surface area contributed by atoms with E-state index in [1.54, 1.807) is 27.7 Å². The third-order valence-electron chi connectivity index (χ3n) is 2.10. The number of hydrogen-bond donors (Lipinski definition) is 3. The van der Waals surface area contributed by atoms with E-state index in [-0.39, 0.29) is 6.04 Å². The Morgan fingerprint density at radius 1 is 1.41 bits per heavy atom. The van der Waals surface area contributed by atoms with E-state index in [1.165, 1.54) is 0 Å². The molecule has 102 valence electrons. The van der Waals surface area contributed by atoms with Crippen LogP contribution in [0.25, 0.3) is 0 Å². The topological polar surface area (TPSA) is 70.6 Å². The van der Waals surface area contributed by atoms with Crippen molar-refractivity contribution in [1.82, 2.24) is 10.6 Å². The first-order chi connectivity index (χ1) is 7.76. The second kappa shape index (κ2) is 7.50. The second-order valence-corrected chi connectivity index (χ2v) is 5.19. The van der Waals surface area contributed by atoms with E-state index >= 15 is 0 Å². The molecule has 0 aliphatic carbocycles. The van der Waals surface area contributed by atoms with Gasteiger partial charge in [0.15, 0.2) is 0 Å². The van der Waals surface area contributed by atoms with Gasteiger partial charge in [0.05, 0.1) is 6.04 Å². The number of aliphatic hydroxyl groups is 1. The zero-order chi connectivity index (χ0) is 13.5. The number of amides is 1. The van der Waals surface area contributed by atoms with Crippen LogP contribution in [0.3, 0.4) is 0 Å². The first-order valence-corrected chi connectivity index (χ1v) is 6.17. The van der Waals surface area contributed by atoms with Crippen molar-refractivity contribution in [1.29, 1.82) is 0 Å². The summed E-state index contributed by atoms with van der Waals surface area (Å²) in [6.45, 7) is 9.94. The molecule has 5 heteroatoms. The van der Waals surface area contributed by atoms with Gasteiger partial charge in [0.1, 0.15) is 11.8 Å². The summed E-state index contributed by atoms with van der Waals surface area (Å²) in [5, 5.41) is 15.2. The Morgan fingerprint density at radius 3 is 2.47 bits per heavy atom. The predicted octanol–water partition coefficient (Wildman–Crippen LogP) is 1.61. The molecule has 0 aromatic heterocycles. The van der Waals surface area contributed by atoms with Gasteiger partial charge in [-0.25, -0.2) is 4.79 Å². The van der Waals surface area contributed by atoms with Crippen LogP contribution in [0.1, 0.15) is 47.5 Å². The van der Waals surface area contributed by atoms with Gasteiger partial charge in [-0.2, -0.15) is 0 Å². The van der Waals surface area contributed by atoms with E-state index in [1.807, 2.05) is 0 Å². The normalized spacial score (nSPS) is 15.2. The smallest absolute Gasteiger partial charge is 0.408 e. The standard InChI is InChI=1S/C12H26N2O3/c1-6-7-8-13-10(15)9(2)14-11(16)17-12(3,4)5/h9-10,13,15H,6-8H2,1-5H3,(H,14,16)/t9-,10?/m0/s1. The maximum atomic E-state index is 11.4. The predicted molar refractivity (Wildman–Crippen MR) is 67.7 cm³/mol. The highest BCUT2D eigenvalue weighted by molar-refractivity contribution is 5.68. The Hall–Kier alpha value is -0.810. The molecule has 3 N–H and O–H groups in total. The van der Waals surface area contributed by atoms with Crippen LogP contribution in [0, 0.1) is 0 Å². The van der Waals surface area contributed by atoms with E-state index < -0.39 is 17.9 Å². The number of unbranched alkanes of at least 4 members (excludes halogenated alkanes) is 1. The van der Waals surface area contributed by atoms with E-state index in [2.05, 4.69) is 17.6 Å². The molecule has 0 rings (SSSR count). The molecule has 2 atom stereocenters. The van der Waals surface area contributed by atoms with Crippen molar-refractivity contribution in [2.45, 2.75) is 65.3 Å². The van der Waals surface area contributed by atoms with Gasteiger partial charge < -0.3 is 15.2 Å². The molecule has 0 saturated heterocycles. The summed E-state index contributed by atoms with van der Waals surface area (Å²) in [5.74, 6) is 0. The van der Waals surface area contributed by atoms with E-state index in [4.69, 9.17) is 4.74 Å². The third-order valence-corrected chi connectivity index (χ3v) is 2.10. The van der Waals surface area contributed by atoms with Gasteiger partial charge in [-0.15, -0.1) is 0 Å². The van der Waals surface area contributed by atoms with Gasteiger partial charge >= 0.3 is 6.09 Å². The molecule has 1 unspecified atom stereocenters. The van der Waals surface area contributed by atoms with Crippen LogP contribution in [0.5, 0.6) is 0 Å². The van der Waals surface area contributed by atoms with E-state index in [9.17, 15) is 9.90 Å². The molecule has 0 aliphatic heterocycles. The molecule has 0 aliphatic rings. The van der Waals surface area contributed by atoms with Crippen LogP contribution >= 0.6 is 0 Å². The molecule has 0 heterocycles. The fraction of sp³-hybridized carbons (Fsp3) is 0.917. The number of carbonyl (C=O) groups is 1. The highest BCUT2D eigenvalue weighted by Gasteiger charge is 2.20. The summed E-state index contributed by atoms with van der Waals surface area (Å²) in [7, 11) is 0. The van der Waals surface area contributed by atoms with Gasteiger partial charge in [-0.1, -0.05) is 13.3 Å². The van der Waals surface area contributed by atoms with Crippen LogP contribution in [-0.2, 0) is 4.74 Å². The van der Waals surface area contributed by atoms with Crippen LogP contribution in [0.2, 0.25) is 0 Å². The zero-order valence-electron chi connectivity index (χ0n) is 11.5. The molecule has 0 saturated carbocycles. The molecule has 0 aromatic rings. The molecular weight excluding hydrogens is 220 g/mol. The minimum atomic E-state index is -0.755. The maximum Gasteiger partial charge on any atom is 0.408 e. The lowest BCUT2D eigenvalue weighted by atomic mass is 10.2. The molecular formula is C12H26N2O3. The summed E-state index contributed by atoms with van der Waals surface area (Å²) < 4.78 is 5.10. The molecule has 0 spiro atoms.